The van der Waals surface area contributed by atoms with E-state index >= 15 is 0 Å². The lowest BCUT2D eigenvalue weighted by atomic mass is 10.0. The van der Waals surface area contributed by atoms with E-state index in [0.29, 0.717) is 5.13 Å². The third kappa shape index (κ3) is 5.06. The maximum Gasteiger partial charge on any atom is 0.254 e. The molecule has 2 amide bonds. The van der Waals surface area contributed by atoms with E-state index in [1.165, 1.54) is 29.5 Å². The first kappa shape index (κ1) is 20.7. The summed E-state index contributed by atoms with van der Waals surface area (Å²) in [6.07, 6.45) is 0. The molecule has 0 aliphatic heterocycles. The van der Waals surface area contributed by atoms with Gasteiger partial charge in [-0.05, 0) is 25.0 Å². The summed E-state index contributed by atoms with van der Waals surface area (Å²) in [6, 6.07) is 12.8. The Kier molecular flexibility index (Phi) is 6.39. The van der Waals surface area contributed by atoms with Crippen LogP contribution in [0.1, 0.15) is 29.8 Å². The second kappa shape index (κ2) is 8.96. The molecule has 0 aliphatic carbocycles. The first-order valence-corrected chi connectivity index (χ1v) is 10.1. The monoisotopic (exact) mass is 411 g/mol. The van der Waals surface area contributed by atoms with Gasteiger partial charge in [-0.2, -0.15) is 0 Å². The second-order valence-corrected chi connectivity index (χ2v) is 7.93. The van der Waals surface area contributed by atoms with Crippen molar-refractivity contribution in [2.75, 3.05) is 5.32 Å². The summed E-state index contributed by atoms with van der Waals surface area (Å²) >= 11 is 1.31. The van der Waals surface area contributed by atoms with Gasteiger partial charge >= 0.3 is 0 Å². The molecule has 2 aromatic carbocycles. The van der Waals surface area contributed by atoms with Gasteiger partial charge in [-0.1, -0.05) is 55.8 Å². The average Bonchev–Trinajstić information content (AvgIpc) is 3.14. The van der Waals surface area contributed by atoms with Crippen molar-refractivity contribution < 1.29 is 14.0 Å². The van der Waals surface area contributed by atoms with Crippen molar-refractivity contribution in [3.8, 4) is 11.3 Å². The van der Waals surface area contributed by atoms with Gasteiger partial charge in [0.25, 0.3) is 5.91 Å². The molecule has 0 spiro atoms. The summed E-state index contributed by atoms with van der Waals surface area (Å²) < 4.78 is 13.9. The van der Waals surface area contributed by atoms with Gasteiger partial charge in [-0.3, -0.25) is 9.59 Å². The van der Waals surface area contributed by atoms with E-state index in [9.17, 15) is 14.0 Å². The van der Waals surface area contributed by atoms with Gasteiger partial charge < -0.3 is 10.6 Å². The number of aryl methyl sites for hydroxylation is 1. The predicted molar refractivity (Wildman–Crippen MR) is 113 cm³/mol. The zero-order chi connectivity index (χ0) is 21.0. The number of halogens is 1. The van der Waals surface area contributed by atoms with Crippen molar-refractivity contribution >= 4 is 28.3 Å². The quantitative estimate of drug-likeness (QED) is 0.620. The molecule has 0 saturated heterocycles. The van der Waals surface area contributed by atoms with Crippen molar-refractivity contribution in [3.63, 3.8) is 0 Å². The first-order chi connectivity index (χ1) is 13.8. The van der Waals surface area contributed by atoms with Crippen molar-refractivity contribution in [3.05, 3.63) is 70.9 Å². The molecular weight excluding hydrogens is 389 g/mol. The van der Waals surface area contributed by atoms with Crippen LogP contribution >= 0.6 is 11.3 Å². The van der Waals surface area contributed by atoms with Crippen LogP contribution in [0.5, 0.6) is 0 Å². The lowest BCUT2D eigenvalue weighted by molar-refractivity contribution is -0.118. The Hall–Kier alpha value is -3.06. The van der Waals surface area contributed by atoms with Crippen LogP contribution in [0, 0.1) is 18.7 Å². The molecule has 29 heavy (non-hydrogen) atoms. The highest BCUT2D eigenvalue weighted by Crippen LogP contribution is 2.25. The summed E-state index contributed by atoms with van der Waals surface area (Å²) in [5.41, 5.74) is 2.78. The van der Waals surface area contributed by atoms with E-state index in [-0.39, 0.29) is 11.5 Å². The number of aromatic nitrogens is 1. The maximum absolute atomic E-state index is 13.9. The Morgan fingerprint density at radius 3 is 2.41 bits per heavy atom. The lowest BCUT2D eigenvalue weighted by Gasteiger charge is -2.21. The molecule has 1 atom stereocenters. The highest BCUT2D eigenvalue weighted by atomic mass is 32.1. The fourth-order valence-electron chi connectivity index (χ4n) is 2.77. The number of thiazole rings is 1. The Morgan fingerprint density at radius 2 is 1.76 bits per heavy atom. The van der Waals surface area contributed by atoms with Crippen LogP contribution in [-0.4, -0.2) is 22.8 Å². The molecule has 7 heteroatoms. The zero-order valence-electron chi connectivity index (χ0n) is 16.4. The highest BCUT2D eigenvalue weighted by Gasteiger charge is 2.26. The van der Waals surface area contributed by atoms with Crippen molar-refractivity contribution in [1.29, 1.82) is 0 Å². The summed E-state index contributed by atoms with van der Waals surface area (Å²) in [6.45, 7) is 5.63. The smallest absolute Gasteiger partial charge is 0.254 e. The van der Waals surface area contributed by atoms with E-state index in [1.807, 2.05) is 50.4 Å². The number of amides is 2. The molecule has 0 fully saturated rings. The number of carbonyl (C=O) groups is 2. The summed E-state index contributed by atoms with van der Waals surface area (Å²) in [7, 11) is 0. The molecule has 0 aliphatic rings. The zero-order valence-corrected chi connectivity index (χ0v) is 17.2. The number of nitrogens with zero attached hydrogens (tertiary/aromatic N) is 1. The Balaban J connectivity index is 1.71. The van der Waals surface area contributed by atoms with Crippen molar-refractivity contribution in [2.45, 2.75) is 26.8 Å². The summed E-state index contributed by atoms with van der Waals surface area (Å²) in [5, 5.41) is 7.69. The summed E-state index contributed by atoms with van der Waals surface area (Å²) in [5.74, 6) is -1.84. The standard InChI is InChI=1S/C22H22FN3O2S/c1-13(2)19(25-20(27)16-6-4-5-7-17(16)23)21(28)26-22-24-18(12-29-22)15-10-8-14(3)9-11-15/h4-13,19H,1-3H3,(H,25,27)(H,24,26,28). The van der Waals surface area contributed by atoms with Gasteiger partial charge in [0.05, 0.1) is 11.3 Å². The van der Waals surface area contributed by atoms with Crippen molar-refractivity contribution in [1.82, 2.24) is 10.3 Å². The second-order valence-electron chi connectivity index (χ2n) is 7.07. The van der Waals surface area contributed by atoms with E-state index in [2.05, 4.69) is 15.6 Å². The van der Waals surface area contributed by atoms with Gasteiger partial charge in [0.2, 0.25) is 5.91 Å². The number of anilines is 1. The summed E-state index contributed by atoms with van der Waals surface area (Å²) in [4.78, 5) is 29.6. The molecule has 0 bridgehead atoms. The number of carbonyl (C=O) groups excluding carboxylic acids is 2. The lowest BCUT2D eigenvalue weighted by Crippen LogP contribution is -2.47. The highest BCUT2D eigenvalue weighted by molar-refractivity contribution is 7.14. The van der Waals surface area contributed by atoms with E-state index < -0.39 is 23.7 Å². The molecule has 150 valence electrons. The number of hydrogen-bond donors (Lipinski definition) is 2. The van der Waals surface area contributed by atoms with Crippen LogP contribution in [0.15, 0.2) is 53.9 Å². The fourth-order valence-corrected chi connectivity index (χ4v) is 3.49. The third-order valence-corrected chi connectivity index (χ3v) is 5.19. The maximum atomic E-state index is 13.9. The third-order valence-electron chi connectivity index (χ3n) is 4.44. The molecule has 1 aromatic heterocycles. The van der Waals surface area contributed by atoms with Crippen LogP contribution in [0.25, 0.3) is 11.3 Å². The number of nitrogens with one attached hydrogen (secondary N) is 2. The van der Waals surface area contributed by atoms with Crippen LogP contribution in [0.2, 0.25) is 0 Å². The van der Waals surface area contributed by atoms with Crippen molar-refractivity contribution in [2.24, 2.45) is 5.92 Å². The fraction of sp³-hybridized carbons (Fsp3) is 0.227. The Morgan fingerprint density at radius 1 is 1.07 bits per heavy atom. The molecule has 1 unspecified atom stereocenters. The molecular formula is C22H22FN3O2S. The number of rotatable bonds is 6. The molecule has 1 heterocycles. The predicted octanol–water partition coefficient (Wildman–Crippen LogP) is 4.65. The van der Waals surface area contributed by atoms with E-state index in [0.717, 1.165) is 16.8 Å². The van der Waals surface area contributed by atoms with E-state index in [1.54, 1.807) is 6.07 Å². The Bertz CT molecular complexity index is 1010. The van der Waals surface area contributed by atoms with Gasteiger partial charge in [-0.15, -0.1) is 11.3 Å². The molecule has 3 rings (SSSR count). The SMILES string of the molecule is Cc1ccc(-c2csc(NC(=O)C(NC(=O)c3ccccc3F)C(C)C)n2)cc1. The normalized spacial score (nSPS) is 11.9. The molecule has 3 aromatic rings. The van der Waals surface area contributed by atoms with Gasteiger partial charge in [0.1, 0.15) is 11.9 Å². The first-order valence-electron chi connectivity index (χ1n) is 9.24. The number of hydrogen-bond acceptors (Lipinski definition) is 4. The van der Waals surface area contributed by atoms with Gasteiger partial charge in [-0.25, -0.2) is 9.37 Å². The minimum absolute atomic E-state index is 0.0955. The molecule has 0 saturated carbocycles. The van der Waals surface area contributed by atoms with Crippen LogP contribution < -0.4 is 10.6 Å². The Labute approximate surface area is 173 Å². The molecule has 0 radical (unpaired) electrons. The van der Waals surface area contributed by atoms with Crippen LogP contribution in [-0.2, 0) is 4.79 Å². The van der Waals surface area contributed by atoms with E-state index in [4.69, 9.17) is 0 Å². The minimum Gasteiger partial charge on any atom is -0.340 e. The minimum atomic E-state index is -0.825. The van der Waals surface area contributed by atoms with Crippen LogP contribution in [0.4, 0.5) is 9.52 Å². The average molecular weight is 412 g/mol. The van der Waals surface area contributed by atoms with Gasteiger partial charge in [0, 0.05) is 10.9 Å². The topological polar surface area (TPSA) is 71.1 Å². The van der Waals surface area contributed by atoms with Crippen LogP contribution in [0.3, 0.4) is 0 Å². The molecule has 2 N–H and O–H groups in total. The molecule has 5 nitrogen and oxygen atoms in total. The largest absolute Gasteiger partial charge is 0.340 e. The number of benzene rings is 2. The van der Waals surface area contributed by atoms with Gasteiger partial charge in [0.15, 0.2) is 5.13 Å².